The lowest BCUT2D eigenvalue weighted by molar-refractivity contribution is 0.674. The number of aromatic nitrogens is 2. The van der Waals surface area contributed by atoms with Crippen molar-refractivity contribution in [2.45, 2.75) is 19.6 Å². The Kier molecular flexibility index (Phi) is 7.78. The molecule has 7 aromatic carbocycles. The Morgan fingerprint density at radius 1 is 0.549 bits per heavy atom. The average molecular weight is 658 g/mol. The number of imidazole rings is 1. The Morgan fingerprint density at radius 2 is 1.16 bits per heavy atom. The molecule has 2 heterocycles. The fraction of sp³-hybridized carbons (Fsp3) is 0.0652. The predicted octanol–water partition coefficient (Wildman–Crippen LogP) is 10.7. The standard InChI is InChI=1S/C46H35N5/c1-2-51-42-25-10-9-24-41(42)47-46(51)34-28-26-31(27-29-34)37-20-12-23-40-38(21-13-22-39(37)40)35-18-11-19-36(30-35)45-49-43(32-14-5-3-6-15-32)48-44(50-45)33-16-7-4-8-17-33/h3-30,43H,2H2,1H3,(H,48,49,50). The Morgan fingerprint density at radius 3 is 1.90 bits per heavy atom. The average Bonchev–Trinajstić information content (AvgIpc) is 3.60. The Hall–Kier alpha value is -6.59. The Balaban J connectivity index is 1.09. The largest absolute Gasteiger partial charge is 0.344 e. The number of aliphatic imine (C=N–C) groups is 2. The molecular weight excluding hydrogens is 623 g/mol. The van der Waals surface area contributed by atoms with Gasteiger partial charge in [0.15, 0.2) is 5.84 Å². The second kappa shape index (κ2) is 13.0. The maximum absolute atomic E-state index is 5.11. The Bertz CT molecular complexity index is 2580. The van der Waals surface area contributed by atoms with Crippen LogP contribution < -0.4 is 5.32 Å². The molecule has 0 aliphatic carbocycles. The van der Waals surface area contributed by atoms with Crippen LogP contribution in [0.3, 0.4) is 0 Å². The summed E-state index contributed by atoms with van der Waals surface area (Å²) in [6, 6.07) is 59.6. The van der Waals surface area contributed by atoms with Crippen molar-refractivity contribution >= 4 is 33.5 Å². The van der Waals surface area contributed by atoms with Crippen LogP contribution in [0.5, 0.6) is 0 Å². The summed E-state index contributed by atoms with van der Waals surface area (Å²) in [5.74, 6) is 2.52. The van der Waals surface area contributed by atoms with E-state index in [2.05, 4.69) is 144 Å². The molecule has 1 N–H and O–H groups in total. The molecule has 0 fully saturated rings. The number of hydrogen-bond donors (Lipinski definition) is 1. The lowest BCUT2D eigenvalue weighted by atomic mass is 9.92. The van der Waals surface area contributed by atoms with E-state index in [1.165, 1.54) is 27.5 Å². The minimum atomic E-state index is -0.245. The molecular formula is C46H35N5. The summed E-state index contributed by atoms with van der Waals surface area (Å²) in [5.41, 5.74) is 11.1. The molecule has 1 aliphatic rings. The third-order valence-electron chi connectivity index (χ3n) is 9.68. The highest BCUT2D eigenvalue weighted by Gasteiger charge is 2.21. The van der Waals surface area contributed by atoms with E-state index in [4.69, 9.17) is 15.0 Å². The van der Waals surface area contributed by atoms with Gasteiger partial charge in [-0.2, -0.15) is 0 Å². The van der Waals surface area contributed by atoms with Crippen molar-refractivity contribution in [3.8, 4) is 33.6 Å². The summed E-state index contributed by atoms with van der Waals surface area (Å²) in [5, 5.41) is 5.97. The van der Waals surface area contributed by atoms with Crippen LogP contribution >= 0.6 is 0 Å². The molecule has 0 saturated carbocycles. The van der Waals surface area contributed by atoms with Gasteiger partial charge in [-0.25, -0.2) is 15.0 Å². The quantitative estimate of drug-likeness (QED) is 0.185. The van der Waals surface area contributed by atoms with Gasteiger partial charge >= 0.3 is 0 Å². The smallest absolute Gasteiger partial charge is 0.159 e. The van der Waals surface area contributed by atoms with Gasteiger partial charge < -0.3 is 9.88 Å². The first-order valence-electron chi connectivity index (χ1n) is 17.5. The number of benzene rings is 7. The van der Waals surface area contributed by atoms with Crippen molar-refractivity contribution in [3.05, 3.63) is 187 Å². The molecule has 0 radical (unpaired) electrons. The Labute approximate surface area is 297 Å². The van der Waals surface area contributed by atoms with Crippen LogP contribution in [-0.2, 0) is 6.54 Å². The monoisotopic (exact) mass is 657 g/mol. The molecule has 0 bridgehead atoms. The molecule has 51 heavy (non-hydrogen) atoms. The number of amidine groups is 2. The normalized spacial score (nSPS) is 14.3. The number of hydrogen-bond acceptors (Lipinski definition) is 4. The fourth-order valence-electron chi connectivity index (χ4n) is 7.18. The second-order valence-corrected chi connectivity index (χ2v) is 12.8. The highest BCUT2D eigenvalue weighted by Crippen LogP contribution is 2.36. The molecule has 1 aromatic heterocycles. The van der Waals surface area contributed by atoms with Gasteiger partial charge in [-0.3, -0.25) is 0 Å². The van der Waals surface area contributed by atoms with Crippen LogP contribution in [-0.4, -0.2) is 21.2 Å². The first-order chi connectivity index (χ1) is 25.2. The lowest BCUT2D eigenvalue weighted by Crippen LogP contribution is -2.33. The van der Waals surface area contributed by atoms with E-state index >= 15 is 0 Å². The maximum Gasteiger partial charge on any atom is 0.159 e. The van der Waals surface area contributed by atoms with Crippen molar-refractivity contribution in [1.82, 2.24) is 14.9 Å². The summed E-state index contributed by atoms with van der Waals surface area (Å²) in [6.45, 7) is 3.04. The van der Waals surface area contributed by atoms with Gasteiger partial charge in [0, 0.05) is 23.2 Å². The molecule has 0 saturated heterocycles. The van der Waals surface area contributed by atoms with Crippen LogP contribution in [0.4, 0.5) is 0 Å². The number of nitrogens with one attached hydrogen (secondary N) is 1. The topological polar surface area (TPSA) is 54.6 Å². The van der Waals surface area contributed by atoms with E-state index in [-0.39, 0.29) is 6.17 Å². The third-order valence-corrected chi connectivity index (χ3v) is 9.68. The predicted molar refractivity (Wildman–Crippen MR) is 211 cm³/mol. The van der Waals surface area contributed by atoms with Crippen LogP contribution in [0.2, 0.25) is 0 Å². The molecule has 0 spiro atoms. The summed E-state index contributed by atoms with van der Waals surface area (Å²) >= 11 is 0. The zero-order chi connectivity index (χ0) is 34.1. The minimum Gasteiger partial charge on any atom is -0.344 e. The molecule has 9 rings (SSSR count). The van der Waals surface area contributed by atoms with E-state index in [1.807, 2.05) is 42.5 Å². The van der Waals surface area contributed by atoms with Crippen LogP contribution in [0.25, 0.3) is 55.4 Å². The molecule has 1 aliphatic heterocycles. The van der Waals surface area contributed by atoms with Gasteiger partial charge in [0.25, 0.3) is 0 Å². The van der Waals surface area contributed by atoms with Crippen molar-refractivity contribution in [3.63, 3.8) is 0 Å². The highest BCUT2D eigenvalue weighted by atomic mass is 15.2. The first kappa shape index (κ1) is 30.5. The molecule has 1 unspecified atom stereocenters. The zero-order valence-corrected chi connectivity index (χ0v) is 28.2. The third kappa shape index (κ3) is 5.69. The van der Waals surface area contributed by atoms with E-state index in [0.717, 1.165) is 57.1 Å². The van der Waals surface area contributed by atoms with E-state index in [1.54, 1.807) is 0 Å². The summed E-state index contributed by atoms with van der Waals surface area (Å²) in [7, 11) is 0. The van der Waals surface area contributed by atoms with Crippen LogP contribution in [0, 0.1) is 0 Å². The molecule has 1 atom stereocenters. The second-order valence-electron chi connectivity index (χ2n) is 12.8. The molecule has 244 valence electrons. The summed E-state index contributed by atoms with van der Waals surface area (Å²) < 4.78 is 2.29. The summed E-state index contributed by atoms with van der Waals surface area (Å²) in [4.78, 5) is 15.1. The number of nitrogens with zero attached hydrogens (tertiary/aromatic N) is 4. The molecule has 0 amide bonds. The van der Waals surface area contributed by atoms with Crippen molar-refractivity contribution in [2.75, 3.05) is 0 Å². The van der Waals surface area contributed by atoms with Gasteiger partial charge in [-0.05, 0) is 63.7 Å². The van der Waals surface area contributed by atoms with Gasteiger partial charge in [-0.15, -0.1) is 0 Å². The lowest BCUT2D eigenvalue weighted by Gasteiger charge is -2.23. The highest BCUT2D eigenvalue weighted by molar-refractivity contribution is 6.13. The van der Waals surface area contributed by atoms with Gasteiger partial charge in [0.1, 0.15) is 17.8 Å². The number of fused-ring (bicyclic) bond motifs is 2. The fourth-order valence-corrected chi connectivity index (χ4v) is 7.18. The SMILES string of the molecule is CCn1c(-c2ccc(-c3cccc4c(-c5cccc(C6=NC(c7ccccc7)NC(c7ccccc7)=N6)c5)cccc34)cc2)nc2ccccc21. The number of aryl methyl sites for hydroxylation is 1. The number of para-hydroxylation sites is 2. The van der Waals surface area contributed by atoms with Crippen LogP contribution in [0.1, 0.15) is 29.8 Å². The summed E-state index contributed by atoms with van der Waals surface area (Å²) in [6.07, 6.45) is -0.245. The molecule has 5 heteroatoms. The first-order valence-corrected chi connectivity index (χ1v) is 17.5. The minimum absolute atomic E-state index is 0.245. The van der Waals surface area contributed by atoms with Gasteiger partial charge in [0.2, 0.25) is 0 Å². The van der Waals surface area contributed by atoms with Crippen molar-refractivity contribution in [2.24, 2.45) is 9.98 Å². The molecule has 5 nitrogen and oxygen atoms in total. The maximum atomic E-state index is 5.11. The van der Waals surface area contributed by atoms with Crippen LogP contribution in [0.15, 0.2) is 180 Å². The van der Waals surface area contributed by atoms with E-state index in [0.29, 0.717) is 5.84 Å². The van der Waals surface area contributed by atoms with Gasteiger partial charge in [-0.1, -0.05) is 152 Å². The number of rotatable bonds is 7. The van der Waals surface area contributed by atoms with E-state index in [9.17, 15) is 0 Å². The molecule has 8 aromatic rings. The van der Waals surface area contributed by atoms with Crippen molar-refractivity contribution < 1.29 is 0 Å². The van der Waals surface area contributed by atoms with Gasteiger partial charge in [0.05, 0.1) is 11.0 Å². The van der Waals surface area contributed by atoms with Crippen molar-refractivity contribution in [1.29, 1.82) is 0 Å². The zero-order valence-electron chi connectivity index (χ0n) is 28.2. The van der Waals surface area contributed by atoms with E-state index < -0.39 is 0 Å².